The predicted octanol–water partition coefficient (Wildman–Crippen LogP) is 3.11. The van der Waals surface area contributed by atoms with Gasteiger partial charge in [0.2, 0.25) is 5.88 Å². The predicted molar refractivity (Wildman–Crippen MR) is 90.2 cm³/mol. The second-order valence-corrected chi connectivity index (χ2v) is 6.78. The van der Waals surface area contributed by atoms with Crippen molar-refractivity contribution in [2.75, 3.05) is 26.4 Å². The number of aromatic nitrogens is 1. The fraction of sp³-hybridized carbons (Fsp3) is 0.357. The Morgan fingerprint density at radius 2 is 2.33 bits per heavy atom. The summed E-state index contributed by atoms with van der Waals surface area (Å²) in [5, 5.41) is 4.18. The van der Waals surface area contributed by atoms with E-state index in [9.17, 15) is 4.39 Å². The molecule has 0 aliphatic carbocycles. The Morgan fingerprint density at radius 1 is 1.48 bits per heavy atom. The van der Waals surface area contributed by atoms with Gasteiger partial charge in [0.25, 0.3) is 0 Å². The second-order valence-electron chi connectivity index (χ2n) is 4.77. The van der Waals surface area contributed by atoms with Crippen LogP contribution in [0.15, 0.2) is 22.7 Å². The number of hydrogen-bond acceptors (Lipinski definition) is 4. The van der Waals surface area contributed by atoms with Gasteiger partial charge in [-0.3, -0.25) is 0 Å². The number of rotatable bonds is 3. The van der Waals surface area contributed by atoms with E-state index in [1.54, 1.807) is 0 Å². The highest BCUT2D eigenvalue weighted by Gasteiger charge is 2.15. The molecule has 0 saturated carbocycles. The van der Waals surface area contributed by atoms with Crippen LogP contribution < -0.4 is 10.1 Å². The van der Waals surface area contributed by atoms with Crippen molar-refractivity contribution in [2.24, 2.45) is 0 Å². The maximum atomic E-state index is 13.5. The van der Waals surface area contributed by atoms with Gasteiger partial charge in [0.05, 0.1) is 28.3 Å². The third kappa shape index (κ3) is 3.64. The van der Waals surface area contributed by atoms with Gasteiger partial charge >= 0.3 is 0 Å². The van der Waals surface area contributed by atoms with E-state index in [2.05, 4.69) is 48.8 Å². The zero-order chi connectivity index (χ0) is 14.8. The smallest absolute Gasteiger partial charge is 0.227 e. The second kappa shape index (κ2) is 6.72. The maximum Gasteiger partial charge on any atom is 0.227 e. The summed E-state index contributed by atoms with van der Waals surface area (Å²) in [6.45, 7) is 2.67. The lowest BCUT2D eigenvalue weighted by atomic mass is 10.2. The number of pyridine rings is 1. The molecule has 21 heavy (non-hydrogen) atoms. The molecule has 7 heteroatoms. The molecule has 1 atom stereocenters. The number of hydrogen-bond donors (Lipinski definition) is 1. The van der Waals surface area contributed by atoms with Gasteiger partial charge < -0.3 is 14.8 Å². The van der Waals surface area contributed by atoms with Crippen molar-refractivity contribution in [1.82, 2.24) is 10.3 Å². The van der Waals surface area contributed by atoms with E-state index in [-0.39, 0.29) is 11.9 Å². The molecule has 1 aliphatic rings. The Hall–Kier alpha value is -0.510. The van der Waals surface area contributed by atoms with Gasteiger partial charge in [-0.25, -0.2) is 9.37 Å². The standard InChI is InChI=1S/C14H13BrFIN2O2/c15-11-3-8(16)4-13-10(11)5-12(17)14(19-13)21-7-9-6-20-2-1-18-9/h3-5,9,18H,1-2,6-7H2/t9-/m1/s1. The molecule has 1 saturated heterocycles. The first-order chi connectivity index (χ1) is 10.1. The minimum absolute atomic E-state index is 0.159. The summed E-state index contributed by atoms with van der Waals surface area (Å²) in [5.74, 6) is 0.198. The molecule has 2 aromatic rings. The molecular weight excluding hydrogens is 454 g/mol. The number of nitrogens with zero attached hydrogens (tertiary/aromatic N) is 1. The van der Waals surface area contributed by atoms with Crippen LogP contribution in [-0.4, -0.2) is 37.4 Å². The number of nitrogens with one attached hydrogen (secondary N) is 1. The van der Waals surface area contributed by atoms with E-state index in [1.165, 1.54) is 12.1 Å². The first-order valence-electron chi connectivity index (χ1n) is 6.53. The fourth-order valence-electron chi connectivity index (χ4n) is 2.17. The molecule has 1 aromatic heterocycles. The molecule has 0 unspecified atom stereocenters. The highest BCUT2D eigenvalue weighted by molar-refractivity contribution is 14.1. The molecule has 1 aromatic carbocycles. The molecular formula is C14H13BrFIN2O2. The van der Waals surface area contributed by atoms with Crippen molar-refractivity contribution < 1.29 is 13.9 Å². The summed E-state index contributed by atoms with van der Waals surface area (Å²) >= 11 is 5.53. The molecule has 1 aliphatic heterocycles. The normalized spacial score (nSPS) is 18.9. The Balaban J connectivity index is 1.83. The summed E-state index contributed by atoms with van der Waals surface area (Å²) in [4.78, 5) is 4.41. The van der Waals surface area contributed by atoms with Gasteiger partial charge in [0.1, 0.15) is 12.4 Å². The van der Waals surface area contributed by atoms with Crippen LogP contribution in [0.25, 0.3) is 10.9 Å². The van der Waals surface area contributed by atoms with Crippen LogP contribution in [-0.2, 0) is 4.74 Å². The molecule has 0 spiro atoms. The highest BCUT2D eigenvalue weighted by atomic mass is 127. The summed E-state index contributed by atoms with van der Waals surface area (Å²) in [7, 11) is 0. The van der Waals surface area contributed by atoms with E-state index in [0.29, 0.717) is 29.1 Å². The minimum atomic E-state index is -0.323. The Kier molecular flexibility index (Phi) is 4.92. The van der Waals surface area contributed by atoms with Gasteiger partial charge in [0.15, 0.2) is 0 Å². The van der Waals surface area contributed by atoms with E-state index in [4.69, 9.17) is 9.47 Å². The summed E-state index contributed by atoms with van der Waals surface area (Å²) < 4.78 is 26.2. The molecule has 0 bridgehead atoms. The van der Waals surface area contributed by atoms with Crippen LogP contribution in [0.3, 0.4) is 0 Å². The number of halogens is 3. The number of fused-ring (bicyclic) bond motifs is 1. The fourth-order valence-corrected chi connectivity index (χ4v) is 3.29. The lowest BCUT2D eigenvalue weighted by Gasteiger charge is -2.23. The zero-order valence-electron chi connectivity index (χ0n) is 11.0. The van der Waals surface area contributed by atoms with Crippen molar-refractivity contribution in [3.63, 3.8) is 0 Å². The van der Waals surface area contributed by atoms with Gasteiger partial charge in [-0.1, -0.05) is 0 Å². The first kappa shape index (κ1) is 15.4. The molecule has 1 fully saturated rings. The topological polar surface area (TPSA) is 43.4 Å². The molecule has 0 amide bonds. The summed E-state index contributed by atoms with van der Waals surface area (Å²) in [6, 6.07) is 4.94. The van der Waals surface area contributed by atoms with Gasteiger partial charge in [-0.2, -0.15) is 0 Å². The Labute approximate surface area is 143 Å². The minimum Gasteiger partial charge on any atom is -0.475 e. The van der Waals surface area contributed by atoms with Crippen molar-refractivity contribution in [1.29, 1.82) is 0 Å². The quantitative estimate of drug-likeness (QED) is 0.706. The third-order valence-corrected chi connectivity index (χ3v) is 4.62. The van der Waals surface area contributed by atoms with Crippen LogP contribution in [0.2, 0.25) is 0 Å². The van der Waals surface area contributed by atoms with Crippen LogP contribution in [0.1, 0.15) is 0 Å². The van der Waals surface area contributed by atoms with Crippen LogP contribution >= 0.6 is 38.5 Å². The van der Waals surface area contributed by atoms with Crippen molar-refractivity contribution in [3.05, 3.63) is 32.1 Å². The van der Waals surface area contributed by atoms with Gasteiger partial charge in [0, 0.05) is 22.5 Å². The SMILES string of the molecule is Fc1cc(Br)c2cc(I)c(OC[C@H]3COCCN3)nc2c1. The van der Waals surface area contributed by atoms with E-state index in [0.717, 1.165) is 22.1 Å². The lowest BCUT2D eigenvalue weighted by Crippen LogP contribution is -2.44. The van der Waals surface area contributed by atoms with Gasteiger partial charge in [-0.05, 0) is 50.7 Å². The van der Waals surface area contributed by atoms with Crippen molar-refractivity contribution in [2.45, 2.75) is 6.04 Å². The molecule has 3 rings (SSSR count). The maximum absolute atomic E-state index is 13.5. The van der Waals surface area contributed by atoms with Crippen molar-refractivity contribution in [3.8, 4) is 5.88 Å². The van der Waals surface area contributed by atoms with Crippen molar-refractivity contribution >= 4 is 49.4 Å². The lowest BCUT2D eigenvalue weighted by molar-refractivity contribution is 0.0584. The number of benzene rings is 1. The molecule has 2 heterocycles. The van der Waals surface area contributed by atoms with Crippen LogP contribution in [0.4, 0.5) is 4.39 Å². The van der Waals surface area contributed by atoms with Crippen LogP contribution in [0, 0.1) is 9.39 Å². The average Bonchev–Trinajstić information content (AvgIpc) is 2.47. The summed E-state index contributed by atoms with van der Waals surface area (Å²) in [6.07, 6.45) is 0. The molecule has 1 N–H and O–H groups in total. The van der Waals surface area contributed by atoms with E-state index in [1.807, 2.05) is 6.07 Å². The summed E-state index contributed by atoms with van der Waals surface area (Å²) in [5.41, 5.74) is 0.574. The Bertz CT molecular complexity index is 665. The van der Waals surface area contributed by atoms with Crippen LogP contribution in [0.5, 0.6) is 5.88 Å². The third-order valence-electron chi connectivity index (χ3n) is 3.19. The monoisotopic (exact) mass is 466 g/mol. The zero-order valence-corrected chi connectivity index (χ0v) is 14.8. The first-order valence-corrected chi connectivity index (χ1v) is 8.40. The number of ether oxygens (including phenoxy) is 2. The number of morpholine rings is 1. The Morgan fingerprint density at radius 3 is 3.10 bits per heavy atom. The molecule has 112 valence electrons. The molecule has 0 radical (unpaired) electrons. The van der Waals surface area contributed by atoms with E-state index >= 15 is 0 Å². The largest absolute Gasteiger partial charge is 0.475 e. The average molecular weight is 467 g/mol. The molecule has 4 nitrogen and oxygen atoms in total. The van der Waals surface area contributed by atoms with E-state index < -0.39 is 0 Å². The van der Waals surface area contributed by atoms with Gasteiger partial charge in [-0.15, -0.1) is 0 Å². The highest BCUT2D eigenvalue weighted by Crippen LogP contribution is 2.29.